The Kier molecular flexibility index (Phi) is 3.97. The molecule has 1 aromatic carbocycles. The lowest BCUT2D eigenvalue weighted by atomic mass is 10.0. The molecule has 0 aromatic heterocycles. The highest BCUT2D eigenvalue weighted by molar-refractivity contribution is 5.80. The highest BCUT2D eigenvalue weighted by Crippen LogP contribution is 2.33. The number of carbonyl (C=O) groups excluding carboxylic acids is 1. The van der Waals surface area contributed by atoms with E-state index in [2.05, 4.69) is 35.2 Å². The maximum atomic E-state index is 11.6. The van der Waals surface area contributed by atoms with E-state index in [1.807, 2.05) is 0 Å². The zero-order valence-electron chi connectivity index (χ0n) is 11.6. The fraction of sp³-hybridized carbons (Fsp3) is 0.588. The Hall–Kier alpha value is -1.15. The van der Waals surface area contributed by atoms with E-state index in [1.165, 1.54) is 44.2 Å². The van der Waals surface area contributed by atoms with Gasteiger partial charge in [0, 0.05) is 24.9 Å². The molecule has 0 amide bonds. The summed E-state index contributed by atoms with van der Waals surface area (Å²) in [4.78, 5) is 14.2. The second-order valence-corrected chi connectivity index (χ2v) is 6.01. The third-order valence-corrected chi connectivity index (χ3v) is 4.67. The van der Waals surface area contributed by atoms with Crippen molar-refractivity contribution in [2.75, 3.05) is 6.54 Å². The van der Waals surface area contributed by atoms with Gasteiger partial charge in [0.25, 0.3) is 0 Å². The lowest BCUT2D eigenvalue weighted by Crippen LogP contribution is -2.43. The zero-order valence-corrected chi connectivity index (χ0v) is 11.6. The summed E-state index contributed by atoms with van der Waals surface area (Å²) in [5, 5.41) is 0. The van der Waals surface area contributed by atoms with Gasteiger partial charge in [-0.25, -0.2) is 0 Å². The predicted octanol–water partition coefficient (Wildman–Crippen LogP) is 3.21. The van der Waals surface area contributed by atoms with Gasteiger partial charge in [-0.1, -0.05) is 30.3 Å². The molecule has 2 atom stereocenters. The second-order valence-electron chi connectivity index (χ2n) is 6.01. The van der Waals surface area contributed by atoms with Crippen molar-refractivity contribution in [1.29, 1.82) is 0 Å². The van der Waals surface area contributed by atoms with Crippen LogP contribution in [0.1, 0.15) is 44.1 Å². The van der Waals surface area contributed by atoms with E-state index in [4.69, 9.17) is 0 Å². The van der Waals surface area contributed by atoms with Crippen LogP contribution >= 0.6 is 0 Å². The molecule has 19 heavy (non-hydrogen) atoms. The van der Waals surface area contributed by atoms with Gasteiger partial charge >= 0.3 is 0 Å². The SMILES string of the molecule is O=C1C[C@H]2CC[C@@H](C1)N2CCCCc1ccccc1. The number of nitrogens with zero attached hydrogens (tertiary/aromatic N) is 1. The van der Waals surface area contributed by atoms with Gasteiger partial charge < -0.3 is 0 Å². The van der Waals surface area contributed by atoms with E-state index in [0.717, 1.165) is 12.8 Å². The summed E-state index contributed by atoms with van der Waals surface area (Å²) >= 11 is 0. The van der Waals surface area contributed by atoms with Gasteiger partial charge in [0.05, 0.1) is 0 Å². The zero-order chi connectivity index (χ0) is 13.1. The first-order valence-corrected chi connectivity index (χ1v) is 7.64. The van der Waals surface area contributed by atoms with Crippen LogP contribution in [0.15, 0.2) is 30.3 Å². The Morgan fingerprint density at radius 1 is 1.00 bits per heavy atom. The van der Waals surface area contributed by atoms with Gasteiger partial charge in [-0.2, -0.15) is 0 Å². The number of benzene rings is 1. The van der Waals surface area contributed by atoms with Crippen LogP contribution in [-0.4, -0.2) is 29.3 Å². The monoisotopic (exact) mass is 257 g/mol. The maximum Gasteiger partial charge on any atom is 0.136 e. The number of ketones is 1. The number of carbonyl (C=O) groups is 1. The van der Waals surface area contributed by atoms with E-state index in [1.54, 1.807) is 0 Å². The Morgan fingerprint density at radius 2 is 1.68 bits per heavy atom. The number of Topliss-reactive ketones (excluding diaryl/α,β-unsaturated/α-hetero) is 1. The Bertz CT molecular complexity index is 412. The van der Waals surface area contributed by atoms with E-state index in [0.29, 0.717) is 17.9 Å². The standard InChI is InChI=1S/C17H23NO/c19-17-12-15-9-10-16(13-17)18(15)11-5-4-8-14-6-2-1-3-7-14/h1-3,6-7,15-16H,4-5,8-13H2/t15-,16+. The molecule has 2 bridgehead atoms. The van der Waals surface area contributed by atoms with Crippen molar-refractivity contribution < 1.29 is 4.79 Å². The summed E-state index contributed by atoms with van der Waals surface area (Å²) in [7, 11) is 0. The van der Waals surface area contributed by atoms with Gasteiger partial charge in [0.1, 0.15) is 5.78 Å². The highest BCUT2D eigenvalue weighted by atomic mass is 16.1. The summed E-state index contributed by atoms with van der Waals surface area (Å²) in [6.45, 7) is 1.19. The molecule has 2 nitrogen and oxygen atoms in total. The topological polar surface area (TPSA) is 20.3 Å². The molecular weight excluding hydrogens is 234 g/mol. The van der Waals surface area contributed by atoms with Crippen molar-refractivity contribution >= 4 is 5.78 Å². The third kappa shape index (κ3) is 3.06. The number of unbranched alkanes of at least 4 members (excludes halogenated alkanes) is 1. The van der Waals surface area contributed by atoms with E-state index in [-0.39, 0.29) is 0 Å². The molecule has 2 heterocycles. The average molecular weight is 257 g/mol. The van der Waals surface area contributed by atoms with Crippen molar-refractivity contribution in [3.8, 4) is 0 Å². The van der Waals surface area contributed by atoms with E-state index < -0.39 is 0 Å². The number of hydrogen-bond donors (Lipinski definition) is 0. The van der Waals surface area contributed by atoms with E-state index >= 15 is 0 Å². The molecular formula is C17H23NO. The summed E-state index contributed by atoms with van der Waals surface area (Å²) in [6.07, 6.45) is 7.82. The molecule has 3 rings (SSSR count). The van der Waals surface area contributed by atoms with Crippen LogP contribution < -0.4 is 0 Å². The van der Waals surface area contributed by atoms with Gasteiger partial charge in [-0.05, 0) is 44.2 Å². The molecule has 1 aromatic rings. The first-order valence-electron chi connectivity index (χ1n) is 7.64. The molecule has 102 valence electrons. The molecule has 2 heteroatoms. The molecule has 0 aliphatic carbocycles. The summed E-state index contributed by atoms with van der Waals surface area (Å²) in [5.74, 6) is 0.494. The van der Waals surface area contributed by atoms with Gasteiger partial charge in [0.2, 0.25) is 0 Å². The number of fused-ring (bicyclic) bond motifs is 2. The van der Waals surface area contributed by atoms with Crippen LogP contribution in [0.25, 0.3) is 0 Å². The summed E-state index contributed by atoms with van der Waals surface area (Å²) in [5.41, 5.74) is 1.44. The van der Waals surface area contributed by atoms with Crippen LogP contribution in [-0.2, 0) is 11.2 Å². The molecule has 2 fully saturated rings. The summed E-state index contributed by atoms with van der Waals surface area (Å²) in [6, 6.07) is 11.9. The Balaban J connectivity index is 1.42. The van der Waals surface area contributed by atoms with Crippen molar-refractivity contribution in [2.45, 2.75) is 57.0 Å². The van der Waals surface area contributed by atoms with Gasteiger partial charge in [0.15, 0.2) is 0 Å². The molecule has 0 spiro atoms. The number of aryl methyl sites for hydroxylation is 1. The molecule has 0 saturated carbocycles. The van der Waals surface area contributed by atoms with Gasteiger partial charge in [-0.3, -0.25) is 9.69 Å². The molecule has 2 aliphatic heterocycles. The predicted molar refractivity (Wildman–Crippen MR) is 77.1 cm³/mol. The fourth-order valence-corrected chi connectivity index (χ4v) is 3.70. The third-order valence-electron chi connectivity index (χ3n) is 4.67. The average Bonchev–Trinajstić information content (AvgIpc) is 2.67. The molecule has 2 saturated heterocycles. The number of rotatable bonds is 5. The minimum atomic E-state index is 0.494. The smallest absolute Gasteiger partial charge is 0.136 e. The lowest BCUT2D eigenvalue weighted by Gasteiger charge is -2.33. The number of piperidine rings is 1. The maximum absolute atomic E-state index is 11.6. The largest absolute Gasteiger partial charge is 0.300 e. The van der Waals surface area contributed by atoms with Crippen molar-refractivity contribution in [3.63, 3.8) is 0 Å². The van der Waals surface area contributed by atoms with Crippen LogP contribution in [0, 0.1) is 0 Å². The minimum absolute atomic E-state index is 0.494. The molecule has 0 unspecified atom stereocenters. The van der Waals surface area contributed by atoms with Crippen LogP contribution in [0.3, 0.4) is 0 Å². The molecule has 0 N–H and O–H groups in total. The van der Waals surface area contributed by atoms with Gasteiger partial charge in [-0.15, -0.1) is 0 Å². The van der Waals surface area contributed by atoms with E-state index in [9.17, 15) is 4.79 Å². The van der Waals surface area contributed by atoms with Crippen LogP contribution in [0.5, 0.6) is 0 Å². The van der Waals surface area contributed by atoms with Crippen molar-refractivity contribution in [2.24, 2.45) is 0 Å². The highest BCUT2D eigenvalue weighted by Gasteiger charge is 2.39. The Morgan fingerprint density at radius 3 is 2.37 bits per heavy atom. The van der Waals surface area contributed by atoms with Crippen LogP contribution in [0.2, 0.25) is 0 Å². The quantitative estimate of drug-likeness (QED) is 0.755. The molecule has 0 radical (unpaired) electrons. The number of hydrogen-bond acceptors (Lipinski definition) is 2. The molecule has 2 aliphatic rings. The first kappa shape index (κ1) is 12.9. The summed E-state index contributed by atoms with van der Waals surface area (Å²) < 4.78 is 0. The minimum Gasteiger partial charge on any atom is -0.300 e. The van der Waals surface area contributed by atoms with Crippen LogP contribution in [0.4, 0.5) is 0 Å². The first-order chi connectivity index (χ1) is 9.33. The van der Waals surface area contributed by atoms with Crippen molar-refractivity contribution in [1.82, 2.24) is 4.90 Å². The lowest BCUT2D eigenvalue weighted by molar-refractivity contribution is -0.123. The Labute approximate surface area is 115 Å². The van der Waals surface area contributed by atoms with Crippen molar-refractivity contribution in [3.05, 3.63) is 35.9 Å². The second kappa shape index (κ2) is 5.87. The fourth-order valence-electron chi connectivity index (χ4n) is 3.70. The normalized spacial score (nSPS) is 26.8.